The van der Waals surface area contributed by atoms with Crippen molar-refractivity contribution in [3.8, 4) is 10.7 Å². The van der Waals surface area contributed by atoms with Crippen LogP contribution in [0.2, 0.25) is 0 Å². The summed E-state index contributed by atoms with van der Waals surface area (Å²) in [5.41, 5.74) is 12.0. The first-order valence-electron chi connectivity index (χ1n) is 6.00. The lowest BCUT2D eigenvalue weighted by molar-refractivity contribution is 0.100. The predicted octanol–water partition coefficient (Wildman–Crippen LogP) is 1.88. The summed E-state index contributed by atoms with van der Waals surface area (Å²) >= 11 is 1.46. The molecule has 1 aromatic carbocycles. The molecule has 0 spiro atoms. The van der Waals surface area contributed by atoms with E-state index < -0.39 is 11.9 Å². The van der Waals surface area contributed by atoms with Gasteiger partial charge in [-0.3, -0.25) is 10.1 Å². The number of carbonyl (C=O) groups excluding carboxylic acids is 2. The molecule has 0 saturated carbocycles. The Morgan fingerprint density at radius 1 is 1.24 bits per heavy atom. The number of benzene rings is 1. The number of nitrogens with two attached hydrogens (primary N) is 2. The zero-order chi connectivity index (χ0) is 15.0. The molecule has 0 aliphatic rings. The number of anilines is 1. The summed E-state index contributed by atoms with van der Waals surface area (Å²) < 4.78 is 1.02. The van der Waals surface area contributed by atoms with Crippen LogP contribution in [0.3, 0.4) is 0 Å². The zero-order valence-corrected chi connectivity index (χ0v) is 11.5. The van der Waals surface area contributed by atoms with Crippen molar-refractivity contribution in [1.29, 1.82) is 0 Å². The number of nitrogens with one attached hydrogen (secondary N) is 2. The van der Waals surface area contributed by atoms with E-state index in [1.165, 1.54) is 11.3 Å². The summed E-state index contributed by atoms with van der Waals surface area (Å²) in [7, 11) is 0. The third-order valence-electron chi connectivity index (χ3n) is 2.86. The van der Waals surface area contributed by atoms with Gasteiger partial charge in [0.25, 0.3) is 5.91 Å². The molecule has 3 amide bonds. The molecule has 2 aromatic heterocycles. The highest BCUT2D eigenvalue weighted by Crippen LogP contribution is 2.31. The maximum Gasteiger partial charge on any atom is 0.317 e. The molecule has 0 aliphatic carbocycles. The van der Waals surface area contributed by atoms with Crippen LogP contribution in [0.1, 0.15) is 10.4 Å². The third-order valence-corrected chi connectivity index (χ3v) is 3.93. The lowest BCUT2D eigenvalue weighted by Gasteiger charge is -1.99. The number of para-hydroxylation sites is 1. The van der Waals surface area contributed by atoms with Crippen molar-refractivity contribution >= 4 is 39.3 Å². The summed E-state index contributed by atoms with van der Waals surface area (Å²) in [6.45, 7) is 0. The molecule has 8 heteroatoms. The highest BCUT2D eigenvalue weighted by molar-refractivity contribution is 7.21. The van der Waals surface area contributed by atoms with E-state index in [1.54, 1.807) is 6.07 Å². The minimum atomic E-state index is -0.782. The fourth-order valence-corrected chi connectivity index (χ4v) is 2.91. The molecular formula is C13H11N5O2S. The highest BCUT2D eigenvalue weighted by atomic mass is 32.1. The van der Waals surface area contributed by atoms with E-state index in [9.17, 15) is 9.59 Å². The maximum absolute atomic E-state index is 11.4. The SMILES string of the molecule is NC(=O)Nc1[nH]c(-c2nc3ccccc3s2)cc1C(N)=O. The molecule has 106 valence electrons. The predicted molar refractivity (Wildman–Crippen MR) is 81.1 cm³/mol. The Labute approximate surface area is 123 Å². The molecule has 0 atom stereocenters. The number of hydrogen-bond acceptors (Lipinski definition) is 4. The van der Waals surface area contributed by atoms with Gasteiger partial charge in [0.15, 0.2) is 0 Å². The number of nitrogens with zero attached hydrogens (tertiary/aromatic N) is 1. The fraction of sp³-hybridized carbons (Fsp3) is 0. The lowest BCUT2D eigenvalue weighted by atomic mass is 10.3. The molecule has 0 fully saturated rings. The molecule has 0 aliphatic heterocycles. The number of fused-ring (bicyclic) bond motifs is 1. The number of urea groups is 1. The highest BCUT2D eigenvalue weighted by Gasteiger charge is 2.17. The molecular weight excluding hydrogens is 290 g/mol. The molecule has 2 heterocycles. The zero-order valence-electron chi connectivity index (χ0n) is 10.7. The molecule has 21 heavy (non-hydrogen) atoms. The second kappa shape index (κ2) is 4.91. The van der Waals surface area contributed by atoms with Gasteiger partial charge in [-0.25, -0.2) is 9.78 Å². The number of carbonyl (C=O) groups is 2. The first kappa shape index (κ1) is 13.1. The van der Waals surface area contributed by atoms with Crippen LogP contribution in [0.4, 0.5) is 10.6 Å². The number of thiazole rings is 1. The van der Waals surface area contributed by atoms with Gasteiger partial charge in [0.2, 0.25) is 0 Å². The van der Waals surface area contributed by atoms with Crippen molar-refractivity contribution < 1.29 is 9.59 Å². The van der Waals surface area contributed by atoms with Crippen LogP contribution in [-0.4, -0.2) is 21.9 Å². The van der Waals surface area contributed by atoms with Crippen molar-refractivity contribution in [2.45, 2.75) is 0 Å². The van der Waals surface area contributed by atoms with Crippen molar-refractivity contribution in [3.05, 3.63) is 35.9 Å². The molecule has 3 rings (SSSR count). The summed E-state index contributed by atoms with van der Waals surface area (Å²) in [5.74, 6) is -0.494. The normalized spacial score (nSPS) is 10.7. The van der Waals surface area contributed by atoms with Gasteiger partial charge in [0.05, 0.1) is 21.5 Å². The first-order valence-corrected chi connectivity index (χ1v) is 6.81. The molecule has 6 N–H and O–H groups in total. The van der Waals surface area contributed by atoms with E-state index >= 15 is 0 Å². The summed E-state index contributed by atoms with van der Waals surface area (Å²) in [5, 5.41) is 3.03. The van der Waals surface area contributed by atoms with E-state index in [2.05, 4.69) is 15.3 Å². The first-order chi connectivity index (χ1) is 10.0. The van der Waals surface area contributed by atoms with Crippen molar-refractivity contribution in [2.24, 2.45) is 11.5 Å². The topological polar surface area (TPSA) is 127 Å². The number of H-pyrrole nitrogens is 1. The molecule has 7 nitrogen and oxygen atoms in total. The smallest absolute Gasteiger partial charge is 0.317 e. The van der Waals surface area contributed by atoms with Gasteiger partial charge in [-0.2, -0.15) is 0 Å². The fourth-order valence-electron chi connectivity index (χ4n) is 1.97. The Morgan fingerprint density at radius 2 is 2.00 bits per heavy atom. The van der Waals surface area contributed by atoms with Crippen LogP contribution in [0.15, 0.2) is 30.3 Å². The monoisotopic (exact) mass is 301 g/mol. The average Bonchev–Trinajstić information content (AvgIpc) is 3.00. The van der Waals surface area contributed by atoms with E-state index in [-0.39, 0.29) is 11.4 Å². The van der Waals surface area contributed by atoms with Crippen molar-refractivity contribution in [3.63, 3.8) is 0 Å². The van der Waals surface area contributed by atoms with Gasteiger partial charge in [0, 0.05) is 0 Å². The quantitative estimate of drug-likeness (QED) is 0.589. The van der Waals surface area contributed by atoms with Crippen LogP contribution in [0.25, 0.3) is 20.9 Å². The van der Waals surface area contributed by atoms with Gasteiger partial charge in [0.1, 0.15) is 10.8 Å². The van der Waals surface area contributed by atoms with E-state index in [0.29, 0.717) is 10.7 Å². The number of amides is 3. The average molecular weight is 301 g/mol. The van der Waals surface area contributed by atoms with Crippen LogP contribution in [0.5, 0.6) is 0 Å². The third kappa shape index (κ3) is 2.43. The molecule has 0 unspecified atom stereocenters. The number of aromatic amines is 1. The lowest BCUT2D eigenvalue weighted by Crippen LogP contribution is -2.22. The largest absolute Gasteiger partial charge is 0.365 e. The number of aromatic nitrogens is 2. The van der Waals surface area contributed by atoms with Crippen LogP contribution < -0.4 is 16.8 Å². The minimum Gasteiger partial charge on any atom is -0.365 e. The van der Waals surface area contributed by atoms with Crippen molar-refractivity contribution in [2.75, 3.05) is 5.32 Å². The Morgan fingerprint density at radius 3 is 2.67 bits per heavy atom. The Kier molecular flexibility index (Phi) is 3.07. The van der Waals surface area contributed by atoms with Gasteiger partial charge in [-0.15, -0.1) is 11.3 Å². The second-order valence-electron chi connectivity index (χ2n) is 4.31. The Hall–Kier alpha value is -2.87. The van der Waals surface area contributed by atoms with E-state index in [1.807, 2.05) is 24.3 Å². The van der Waals surface area contributed by atoms with E-state index in [0.717, 1.165) is 10.2 Å². The molecule has 0 saturated heterocycles. The van der Waals surface area contributed by atoms with E-state index in [4.69, 9.17) is 11.5 Å². The number of primary amides is 2. The summed E-state index contributed by atoms with van der Waals surface area (Å²) in [6.07, 6.45) is 0. The summed E-state index contributed by atoms with van der Waals surface area (Å²) in [4.78, 5) is 29.7. The second-order valence-corrected chi connectivity index (χ2v) is 5.34. The van der Waals surface area contributed by atoms with Crippen LogP contribution >= 0.6 is 11.3 Å². The summed E-state index contributed by atoms with van der Waals surface area (Å²) in [6, 6.07) is 8.44. The molecule has 3 aromatic rings. The standard InChI is InChI=1S/C13H11N5O2S/c14-10(19)6-5-8(16-11(6)18-13(15)20)12-17-7-3-1-2-4-9(7)21-12/h1-5,16H,(H2,14,19)(H3,15,18,20). The number of hydrogen-bond donors (Lipinski definition) is 4. The Bertz CT molecular complexity index is 818. The van der Waals surface area contributed by atoms with Crippen LogP contribution in [-0.2, 0) is 0 Å². The minimum absolute atomic E-state index is 0.156. The Balaban J connectivity index is 2.09. The number of rotatable bonds is 3. The van der Waals surface area contributed by atoms with Crippen LogP contribution in [0, 0.1) is 0 Å². The molecule has 0 bridgehead atoms. The molecule has 0 radical (unpaired) electrons. The maximum atomic E-state index is 11.4. The van der Waals surface area contributed by atoms with Gasteiger partial charge >= 0.3 is 6.03 Å². The van der Waals surface area contributed by atoms with Crippen molar-refractivity contribution in [1.82, 2.24) is 9.97 Å². The van der Waals surface area contributed by atoms with Gasteiger partial charge in [-0.1, -0.05) is 12.1 Å². The van der Waals surface area contributed by atoms with Gasteiger partial charge in [-0.05, 0) is 18.2 Å². The van der Waals surface area contributed by atoms with Gasteiger partial charge < -0.3 is 16.5 Å².